The SMILES string of the molecule is CON=C(CNC1CC1)c1ncc(Cl)cc1Cl. The molecule has 0 atom stereocenters. The first-order valence-corrected chi connectivity index (χ1v) is 6.11. The third kappa shape index (κ3) is 3.56. The topological polar surface area (TPSA) is 46.5 Å². The van der Waals surface area contributed by atoms with Crippen molar-refractivity contribution in [3.05, 3.63) is 28.0 Å². The van der Waals surface area contributed by atoms with Gasteiger partial charge in [-0.1, -0.05) is 28.4 Å². The van der Waals surface area contributed by atoms with Gasteiger partial charge < -0.3 is 10.2 Å². The highest BCUT2D eigenvalue weighted by atomic mass is 35.5. The zero-order chi connectivity index (χ0) is 12.3. The van der Waals surface area contributed by atoms with Crippen LogP contribution < -0.4 is 5.32 Å². The molecule has 0 unspecified atom stereocenters. The van der Waals surface area contributed by atoms with Crippen molar-refractivity contribution in [2.24, 2.45) is 5.16 Å². The largest absolute Gasteiger partial charge is 0.399 e. The van der Waals surface area contributed by atoms with Crippen LogP contribution in [0.3, 0.4) is 0 Å². The molecular formula is C11H13Cl2N3O. The number of hydrogen-bond donors (Lipinski definition) is 1. The van der Waals surface area contributed by atoms with Crippen molar-refractivity contribution in [1.82, 2.24) is 10.3 Å². The minimum absolute atomic E-state index is 0.478. The Bertz CT molecular complexity index is 433. The summed E-state index contributed by atoms with van der Waals surface area (Å²) in [5, 5.41) is 8.27. The molecule has 92 valence electrons. The molecule has 17 heavy (non-hydrogen) atoms. The number of halogens is 2. The maximum absolute atomic E-state index is 6.08. The van der Waals surface area contributed by atoms with Crippen molar-refractivity contribution in [2.75, 3.05) is 13.7 Å². The third-order valence-corrected chi connectivity index (χ3v) is 2.91. The molecule has 0 aliphatic heterocycles. The normalized spacial score (nSPS) is 16.1. The third-order valence-electron chi connectivity index (χ3n) is 2.42. The van der Waals surface area contributed by atoms with Crippen LogP contribution >= 0.6 is 23.2 Å². The maximum atomic E-state index is 6.08. The lowest BCUT2D eigenvalue weighted by Gasteiger charge is -2.08. The monoisotopic (exact) mass is 273 g/mol. The molecule has 1 heterocycles. The molecule has 2 rings (SSSR count). The van der Waals surface area contributed by atoms with Crippen LogP contribution in [0.15, 0.2) is 17.4 Å². The van der Waals surface area contributed by atoms with Gasteiger partial charge >= 0.3 is 0 Å². The van der Waals surface area contributed by atoms with Crippen LogP contribution in [-0.2, 0) is 4.84 Å². The Hall–Kier alpha value is -0.840. The van der Waals surface area contributed by atoms with E-state index in [9.17, 15) is 0 Å². The molecule has 1 aromatic rings. The van der Waals surface area contributed by atoms with Crippen LogP contribution in [0.5, 0.6) is 0 Å². The van der Waals surface area contributed by atoms with E-state index in [1.54, 1.807) is 12.3 Å². The molecule has 0 aromatic carbocycles. The minimum Gasteiger partial charge on any atom is -0.399 e. The molecule has 4 nitrogen and oxygen atoms in total. The summed E-state index contributed by atoms with van der Waals surface area (Å²) < 4.78 is 0. The van der Waals surface area contributed by atoms with E-state index < -0.39 is 0 Å². The predicted molar refractivity (Wildman–Crippen MR) is 68.8 cm³/mol. The van der Waals surface area contributed by atoms with E-state index >= 15 is 0 Å². The molecule has 0 radical (unpaired) electrons. The molecular weight excluding hydrogens is 261 g/mol. The molecule has 0 spiro atoms. The second kappa shape index (κ2) is 5.67. The van der Waals surface area contributed by atoms with E-state index in [0.29, 0.717) is 34.0 Å². The highest BCUT2D eigenvalue weighted by molar-refractivity contribution is 6.36. The predicted octanol–water partition coefficient (Wildman–Crippen LogP) is 2.49. The minimum atomic E-state index is 0.478. The summed E-state index contributed by atoms with van der Waals surface area (Å²) in [4.78, 5) is 8.99. The van der Waals surface area contributed by atoms with Gasteiger partial charge in [0.2, 0.25) is 0 Å². The Labute approximate surface area is 110 Å². The Kier molecular flexibility index (Phi) is 4.20. The van der Waals surface area contributed by atoms with E-state index in [0.717, 1.165) is 0 Å². The van der Waals surface area contributed by atoms with E-state index in [-0.39, 0.29) is 0 Å². The Morgan fingerprint density at radius 3 is 2.94 bits per heavy atom. The number of oxime groups is 1. The van der Waals surface area contributed by atoms with E-state index in [2.05, 4.69) is 15.5 Å². The van der Waals surface area contributed by atoms with Crippen molar-refractivity contribution in [2.45, 2.75) is 18.9 Å². The zero-order valence-electron chi connectivity index (χ0n) is 9.41. The van der Waals surface area contributed by atoms with Crippen molar-refractivity contribution < 1.29 is 4.84 Å². The molecule has 1 aliphatic carbocycles. The molecule has 1 aromatic heterocycles. The average molecular weight is 274 g/mol. The summed E-state index contributed by atoms with van der Waals surface area (Å²) in [6, 6.07) is 2.23. The highest BCUT2D eigenvalue weighted by Gasteiger charge is 2.22. The number of hydrogen-bond acceptors (Lipinski definition) is 4. The molecule has 6 heteroatoms. The molecule has 1 N–H and O–H groups in total. The highest BCUT2D eigenvalue weighted by Crippen LogP contribution is 2.21. The van der Waals surface area contributed by atoms with E-state index in [1.165, 1.54) is 20.0 Å². The molecule has 1 saturated carbocycles. The summed E-state index contributed by atoms with van der Waals surface area (Å²) >= 11 is 11.9. The Morgan fingerprint density at radius 2 is 2.35 bits per heavy atom. The van der Waals surface area contributed by atoms with Gasteiger partial charge in [-0.3, -0.25) is 4.98 Å². The fourth-order valence-electron chi connectivity index (χ4n) is 1.42. The average Bonchev–Trinajstić information content (AvgIpc) is 3.09. The second-order valence-electron chi connectivity index (χ2n) is 3.86. The van der Waals surface area contributed by atoms with Crippen LogP contribution in [0.4, 0.5) is 0 Å². The van der Waals surface area contributed by atoms with Gasteiger partial charge in [0.05, 0.1) is 10.0 Å². The summed E-state index contributed by atoms with van der Waals surface area (Å²) in [6.07, 6.45) is 3.97. The first-order valence-electron chi connectivity index (χ1n) is 5.35. The van der Waals surface area contributed by atoms with Crippen molar-refractivity contribution in [1.29, 1.82) is 0 Å². The van der Waals surface area contributed by atoms with Gasteiger partial charge in [0.1, 0.15) is 18.5 Å². The van der Waals surface area contributed by atoms with Crippen LogP contribution in [0, 0.1) is 0 Å². The van der Waals surface area contributed by atoms with E-state index in [1.807, 2.05) is 0 Å². The van der Waals surface area contributed by atoms with Gasteiger partial charge in [0.15, 0.2) is 0 Å². The summed E-state index contributed by atoms with van der Waals surface area (Å²) in [6.45, 7) is 0.590. The zero-order valence-corrected chi connectivity index (χ0v) is 10.9. The van der Waals surface area contributed by atoms with Gasteiger partial charge in [0, 0.05) is 18.8 Å². The van der Waals surface area contributed by atoms with Gasteiger partial charge in [-0.25, -0.2) is 0 Å². The van der Waals surface area contributed by atoms with Gasteiger partial charge in [-0.05, 0) is 18.9 Å². The van der Waals surface area contributed by atoms with Crippen LogP contribution in [-0.4, -0.2) is 30.4 Å². The summed E-state index contributed by atoms with van der Waals surface area (Å²) in [5.74, 6) is 0. The van der Waals surface area contributed by atoms with Gasteiger partial charge in [0.25, 0.3) is 0 Å². The molecule has 0 saturated heterocycles. The lowest BCUT2D eigenvalue weighted by Crippen LogP contribution is -2.26. The Balaban J connectivity index is 2.15. The first kappa shape index (κ1) is 12.6. The summed E-state index contributed by atoms with van der Waals surface area (Å²) in [5.41, 5.74) is 1.28. The fourth-order valence-corrected chi connectivity index (χ4v) is 1.91. The molecule has 1 fully saturated rings. The number of nitrogens with one attached hydrogen (secondary N) is 1. The van der Waals surface area contributed by atoms with Crippen molar-refractivity contribution in [3.63, 3.8) is 0 Å². The first-order chi connectivity index (χ1) is 8.20. The lowest BCUT2D eigenvalue weighted by molar-refractivity contribution is 0.213. The smallest absolute Gasteiger partial charge is 0.121 e. The number of nitrogens with zero attached hydrogens (tertiary/aromatic N) is 2. The quantitative estimate of drug-likeness (QED) is 0.662. The molecule has 0 bridgehead atoms. The standard InChI is InChI=1S/C11H13Cl2N3O/c1-17-16-10(6-14-8-2-3-8)11-9(13)4-7(12)5-15-11/h4-5,8,14H,2-3,6H2,1H3. The number of rotatable bonds is 5. The van der Waals surface area contributed by atoms with Gasteiger partial charge in [-0.2, -0.15) is 0 Å². The van der Waals surface area contributed by atoms with Crippen LogP contribution in [0.2, 0.25) is 10.0 Å². The molecule has 1 aliphatic rings. The fraction of sp³-hybridized carbons (Fsp3) is 0.455. The maximum Gasteiger partial charge on any atom is 0.121 e. The number of pyridine rings is 1. The van der Waals surface area contributed by atoms with Crippen molar-refractivity contribution in [3.8, 4) is 0 Å². The van der Waals surface area contributed by atoms with Gasteiger partial charge in [-0.15, -0.1) is 0 Å². The number of aromatic nitrogens is 1. The summed E-state index contributed by atoms with van der Waals surface area (Å²) in [7, 11) is 1.50. The second-order valence-corrected chi connectivity index (χ2v) is 4.70. The van der Waals surface area contributed by atoms with Crippen LogP contribution in [0.25, 0.3) is 0 Å². The lowest BCUT2D eigenvalue weighted by atomic mass is 10.2. The Morgan fingerprint density at radius 1 is 1.59 bits per heavy atom. The van der Waals surface area contributed by atoms with Crippen LogP contribution in [0.1, 0.15) is 18.5 Å². The molecule has 0 amide bonds. The van der Waals surface area contributed by atoms with Crippen molar-refractivity contribution >= 4 is 28.9 Å². The van der Waals surface area contributed by atoms with E-state index in [4.69, 9.17) is 28.0 Å².